The third-order valence-corrected chi connectivity index (χ3v) is 5.28. The second-order valence-electron chi connectivity index (χ2n) is 7.22. The van der Waals surface area contributed by atoms with Gasteiger partial charge in [-0.25, -0.2) is 9.07 Å². The van der Waals surface area contributed by atoms with Crippen LogP contribution in [0.3, 0.4) is 0 Å². The van der Waals surface area contributed by atoms with Gasteiger partial charge >= 0.3 is 0 Å². The van der Waals surface area contributed by atoms with Crippen molar-refractivity contribution >= 4 is 0 Å². The molecule has 136 valence electrons. The predicted octanol–water partition coefficient (Wildman–Crippen LogP) is 5.70. The molecule has 1 atom stereocenters. The molecule has 0 aliphatic heterocycles. The van der Waals surface area contributed by atoms with Gasteiger partial charge < -0.3 is 4.74 Å². The topological polar surface area (TPSA) is 27.1 Å². The van der Waals surface area contributed by atoms with Crippen molar-refractivity contribution in [3.63, 3.8) is 0 Å². The maximum atomic E-state index is 13.1. The summed E-state index contributed by atoms with van der Waals surface area (Å²) in [6, 6.07) is 8.92. The Kier molecular flexibility index (Phi) is 6.11. The Labute approximate surface area is 150 Å². The van der Waals surface area contributed by atoms with Crippen LogP contribution >= 0.6 is 0 Å². The van der Waals surface area contributed by atoms with E-state index in [-0.39, 0.29) is 5.82 Å². The van der Waals surface area contributed by atoms with Crippen molar-refractivity contribution in [3.05, 3.63) is 47.4 Å². The molecule has 2 aromatic rings. The van der Waals surface area contributed by atoms with Crippen molar-refractivity contribution in [2.75, 3.05) is 0 Å². The van der Waals surface area contributed by atoms with Crippen LogP contribution < -0.4 is 4.74 Å². The number of hydrogen-bond acceptors (Lipinski definition) is 2. The Balaban J connectivity index is 1.75. The van der Waals surface area contributed by atoms with Gasteiger partial charge in [-0.15, -0.1) is 0 Å². The minimum absolute atomic E-state index is 0.218. The standard InChI is InChI=1S/C21H29FN2O/c1-3-7-20-14-21(25-15-17-10-12-19(22)13-11-17)24(23-20)16(2)18-8-5-4-6-9-18/h10-14,16,18H,3-9,15H2,1-2H3. The van der Waals surface area contributed by atoms with Gasteiger partial charge in [-0.3, -0.25) is 0 Å². The average Bonchev–Trinajstić information content (AvgIpc) is 3.04. The van der Waals surface area contributed by atoms with Gasteiger partial charge in [0.25, 0.3) is 0 Å². The lowest BCUT2D eigenvalue weighted by atomic mass is 9.85. The maximum absolute atomic E-state index is 13.1. The van der Waals surface area contributed by atoms with E-state index in [0.717, 1.165) is 30.0 Å². The van der Waals surface area contributed by atoms with E-state index >= 15 is 0 Å². The molecule has 0 spiro atoms. The first kappa shape index (κ1) is 18.0. The van der Waals surface area contributed by atoms with Crippen molar-refractivity contribution in [1.82, 2.24) is 9.78 Å². The molecule has 0 N–H and O–H groups in total. The molecule has 1 fully saturated rings. The summed E-state index contributed by atoms with van der Waals surface area (Å²) in [5.41, 5.74) is 2.07. The van der Waals surface area contributed by atoms with Crippen LogP contribution in [0, 0.1) is 11.7 Å². The van der Waals surface area contributed by atoms with E-state index in [4.69, 9.17) is 9.84 Å². The second-order valence-corrected chi connectivity index (χ2v) is 7.22. The lowest BCUT2D eigenvalue weighted by Gasteiger charge is -2.28. The molecule has 4 heteroatoms. The van der Waals surface area contributed by atoms with E-state index in [1.165, 1.54) is 44.2 Å². The highest BCUT2D eigenvalue weighted by Gasteiger charge is 2.24. The van der Waals surface area contributed by atoms with Gasteiger partial charge in [0.15, 0.2) is 0 Å². The third-order valence-electron chi connectivity index (χ3n) is 5.28. The molecule has 1 saturated carbocycles. The minimum atomic E-state index is -0.218. The molecule has 1 aliphatic rings. The quantitative estimate of drug-likeness (QED) is 0.644. The fraction of sp³-hybridized carbons (Fsp3) is 0.571. The Morgan fingerprint density at radius 1 is 1.20 bits per heavy atom. The summed E-state index contributed by atoms with van der Waals surface area (Å²) in [6.07, 6.45) is 8.61. The molecular formula is C21H29FN2O. The highest BCUT2D eigenvalue weighted by atomic mass is 19.1. The molecule has 0 radical (unpaired) electrons. The molecule has 3 rings (SSSR count). The molecule has 3 nitrogen and oxygen atoms in total. The first-order chi connectivity index (χ1) is 12.2. The second kappa shape index (κ2) is 8.50. The summed E-state index contributed by atoms with van der Waals surface area (Å²) in [7, 11) is 0. The van der Waals surface area contributed by atoms with Crippen LogP contribution in [0.25, 0.3) is 0 Å². The number of nitrogens with zero attached hydrogens (tertiary/aromatic N) is 2. The van der Waals surface area contributed by atoms with Crippen LogP contribution in [-0.4, -0.2) is 9.78 Å². The zero-order valence-electron chi connectivity index (χ0n) is 15.4. The lowest BCUT2D eigenvalue weighted by molar-refractivity contribution is 0.209. The third kappa shape index (κ3) is 4.62. The zero-order chi connectivity index (χ0) is 17.6. The average molecular weight is 344 g/mol. The van der Waals surface area contributed by atoms with Gasteiger partial charge in [0, 0.05) is 6.07 Å². The number of ether oxygens (including phenoxy) is 1. The first-order valence-corrected chi connectivity index (χ1v) is 9.63. The summed E-state index contributed by atoms with van der Waals surface area (Å²) < 4.78 is 21.2. The summed E-state index contributed by atoms with van der Waals surface area (Å²) in [4.78, 5) is 0. The van der Waals surface area contributed by atoms with Crippen molar-refractivity contribution < 1.29 is 9.13 Å². The van der Waals surface area contributed by atoms with Gasteiger partial charge in [0.1, 0.15) is 12.4 Å². The molecule has 1 unspecified atom stereocenters. The van der Waals surface area contributed by atoms with E-state index in [1.54, 1.807) is 12.1 Å². The molecule has 25 heavy (non-hydrogen) atoms. The van der Waals surface area contributed by atoms with E-state index in [2.05, 4.69) is 24.6 Å². The minimum Gasteiger partial charge on any atom is -0.473 e. The number of benzene rings is 1. The van der Waals surface area contributed by atoms with Gasteiger partial charge in [0.2, 0.25) is 5.88 Å². The Morgan fingerprint density at radius 3 is 2.60 bits per heavy atom. The normalized spacial score (nSPS) is 16.8. The molecule has 1 aromatic carbocycles. The largest absolute Gasteiger partial charge is 0.473 e. The fourth-order valence-corrected chi connectivity index (χ4v) is 3.76. The van der Waals surface area contributed by atoms with Crippen LogP contribution in [0.4, 0.5) is 4.39 Å². The summed E-state index contributed by atoms with van der Waals surface area (Å²) in [5, 5.41) is 4.83. The number of rotatable bonds is 7. The molecule has 0 bridgehead atoms. The van der Waals surface area contributed by atoms with E-state index in [0.29, 0.717) is 18.6 Å². The number of halogens is 1. The van der Waals surface area contributed by atoms with Gasteiger partial charge in [-0.1, -0.05) is 44.7 Å². The molecule has 0 saturated heterocycles. The highest BCUT2D eigenvalue weighted by Crippen LogP contribution is 2.35. The smallest absolute Gasteiger partial charge is 0.212 e. The maximum Gasteiger partial charge on any atom is 0.212 e. The van der Waals surface area contributed by atoms with E-state index in [1.807, 2.05) is 0 Å². The van der Waals surface area contributed by atoms with E-state index in [9.17, 15) is 4.39 Å². The Bertz CT molecular complexity index is 659. The number of aryl methyl sites for hydroxylation is 1. The van der Waals surface area contributed by atoms with Crippen molar-refractivity contribution in [1.29, 1.82) is 0 Å². The van der Waals surface area contributed by atoms with Gasteiger partial charge in [-0.2, -0.15) is 5.10 Å². The monoisotopic (exact) mass is 344 g/mol. The Morgan fingerprint density at radius 2 is 1.92 bits per heavy atom. The molecule has 1 heterocycles. The Hall–Kier alpha value is -1.84. The molecule has 1 aromatic heterocycles. The van der Waals surface area contributed by atoms with Crippen molar-refractivity contribution in [3.8, 4) is 5.88 Å². The summed E-state index contributed by atoms with van der Waals surface area (Å²) in [5.74, 6) is 1.30. The number of aromatic nitrogens is 2. The molecule has 1 aliphatic carbocycles. The van der Waals surface area contributed by atoms with Crippen LogP contribution in [0.15, 0.2) is 30.3 Å². The summed E-state index contributed by atoms with van der Waals surface area (Å²) in [6.45, 7) is 4.88. The van der Waals surface area contributed by atoms with Crippen LogP contribution in [-0.2, 0) is 13.0 Å². The van der Waals surface area contributed by atoms with Crippen LogP contribution in [0.5, 0.6) is 5.88 Å². The number of hydrogen-bond donors (Lipinski definition) is 0. The first-order valence-electron chi connectivity index (χ1n) is 9.63. The fourth-order valence-electron chi connectivity index (χ4n) is 3.76. The van der Waals surface area contributed by atoms with Crippen molar-refractivity contribution in [2.24, 2.45) is 5.92 Å². The van der Waals surface area contributed by atoms with Gasteiger partial charge in [-0.05, 0) is 49.8 Å². The van der Waals surface area contributed by atoms with Crippen molar-refractivity contribution in [2.45, 2.75) is 71.4 Å². The predicted molar refractivity (Wildman–Crippen MR) is 98.2 cm³/mol. The van der Waals surface area contributed by atoms with E-state index < -0.39 is 0 Å². The summed E-state index contributed by atoms with van der Waals surface area (Å²) >= 11 is 0. The van der Waals surface area contributed by atoms with Crippen LogP contribution in [0.1, 0.15) is 69.7 Å². The van der Waals surface area contributed by atoms with Crippen LogP contribution in [0.2, 0.25) is 0 Å². The highest BCUT2D eigenvalue weighted by molar-refractivity contribution is 5.20. The molecule has 0 amide bonds. The molecular weight excluding hydrogens is 315 g/mol. The zero-order valence-corrected chi connectivity index (χ0v) is 15.4. The van der Waals surface area contributed by atoms with Gasteiger partial charge in [0.05, 0.1) is 11.7 Å². The lowest BCUT2D eigenvalue weighted by Crippen LogP contribution is -2.21. The SMILES string of the molecule is CCCc1cc(OCc2ccc(F)cc2)n(C(C)C2CCCCC2)n1.